The van der Waals surface area contributed by atoms with Crippen LogP contribution in [-0.2, 0) is 6.42 Å². The molecule has 2 radical (unpaired) electrons. The number of hydrogen-bond acceptors (Lipinski definition) is 1. The van der Waals surface area contributed by atoms with Crippen molar-refractivity contribution in [2.75, 3.05) is 0 Å². The normalized spacial score (nSPS) is 15.1. The van der Waals surface area contributed by atoms with Gasteiger partial charge in [0.25, 0.3) is 0 Å². The summed E-state index contributed by atoms with van der Waals surface area (Å²) in [7, 11) is 0. The molecule has 0 heterocycles. The number of fused-ring (bicyclic) bond motifs is 1. The Bertz CT molecular complexity index is 344. The third-order valence-electron chi connectivity index (χ3n) is 2.34. The minimum atomic E-state index is -0.355. The van der Waals surface area contributed by atoms with Crippen LogP contribution in [0.5, 0.6) is 0 Å². The number of benzene rings is 1. The monoisotopic (exact) mass is 173 g/mol. The maximum atomic E-state index is 11.1. The van der Waals surface area contributed by atoms with Gasteiger partial charge >= 0.3 is 0 Å². The lowest BCUT2D eigenvalue weighted by Crippen LogP contribution is -2.16. The van der Waals surface area contributed by atoms with E-state index in [9.17, 15) is 4.79 Å². The molecule has 0 saturated heterocycles. The van der Waals surface area contributed by atoms with E-state index >= 15 is 0 Å². The molecule has 13 heavy (non-hydrogen) atoms. The largest absolute Gasteiger partial charge is 0.366 e. The number of aryl methyl sites for hydroxylation is 1. The summed E-state index contributed by atoms with van der Waals surface area (Å²) in [6, 6.07) is 5.68. The Hall–Kier alpha value is -1.31. The molecule has 1 amide bonds. The molecule has 2 heteroatoms. The van der Waals surface area contributed by atoms with Crippen molar-refractivity contribution in [3.05, 3.63) is 41.3 Å². The highest BCUT2D eigenvalue weighted by atomic mass is 16.1. The lowest BCUT2D eigenvalue weighted by molar-refractivity contribution is 0.0999. The second-order valence-corrected chi connectivity index (χ2v) is 3.23. The molecule has 66 valence electrons. The van der Waals surface area contributed by atoms with Crippen molar-refractivity contribution in [3.8, 4) is 0 Å². The van der Waals surface area contributed by atoms with E-state index in [2.05, 4.69) is 6.42 Å². The zero-order valence-corrected chi connectivity index (χ0v) is 7.34. The molecule has 2 nitrogen and oxygen atoms in total. The molecule has 2 rings (SSSR count). The van der Waals surface area contributed by atoms with Gasteiger partial charge in [0.05, 0.1) is 0 Å². The Kier molecular flexibility index (Phi) is 2.05. The number of nitrogens with two attached hydrogens (primary N) is 1. The Morgan fingerprint density at radius 3 is 3.08 bits per heavy atom. The fraction of sp³-hybridized carbons (Fsp3) is 0.273. The molecular weight excluding hydrogens is 162 g/mol. The Morgan fingerprint density at radius 2 is 2.31 bits per heavy atom. The molecule has 0 aromatic heterocycles. The van der Waals surface area contributed by atoms with E-state index in [1.165, 1.54) is 5.56 Å². The fourth-order valence-electron chi connectivity index (χ4n) is 1.71. The lowest BCUT2D eigenvalue weighted by Gasteiger charge is -2.16. The van der Waals surface area contributed by atoms with Gasteiger partial charge in [0.2, 0.25) is 5.91 Å². The van der Waals surface area contributed by atoms with Crippen LogP contribution in [0.1, 0.15) is 34.3 Å². The zero-order valence-electron chi connectivity index (χ0n) is 7.34. The summed E-state index contributed by atoms with van der Waals surface area (Å²) < 4.78 is 0. The summed E-state index contributed by atoms with van der Waals surface area (Å²) in [6.45, 7) is 0. The predicted molar refractivity (Wildman–Crippen MR) is 50.2 cm³/mol. The van der Waals surface area contributed by atoms with Gasteiger partial charge in [-0.1, -0.05) is 12.1 Å². The predicted octanol–water partition coefficient (Wildman–Crippen LogP) is 1.55. The summed E-state index contributed by atoms with van der Waals surface area (Å²) in [5, 5.41) is 0. The molecule has 1 aliphatic rings. The molecule has 0 aliphatic heterocycles. The van der Waals surface area contributed by atoms with Crippen LogP contribution in [0.2, 0.25) is 0 Å². The molecule has 1 aromatic rings. The third-order valence-corrected chi connectivity index (χ3v) is 2.34. The molecule has 0 spiro atoms. The molecule has 1 aliphatic carbocycles. The van der Waals surface area contributed by atoms with Gasteiger partial charge in [-0.25, -0.2) is 0 Å². The van der Waals surface area contributed by atoms with E-state index in [0.717, 1.165) is 24.8 Å². The first-order valence-corrected chi connectivity index (χ1v) is 4.44. The van der Waals surface area contributed by atoms with Gasteiger partial charge in [0.1, 0.15) is 0 Å². The maximum absolute atomic E-state index is 11.1. The molecule has 0 fully saturated rings. The summed E-state index contributed by atoms with van der Waals surface area (Å²) in [5.41, 5.74) is 8.00. The van der Waals surface area contributed by atoms with Crippen LogP contribution >= 0.6 is 0 Å². The summed E-state index contributed by atoms with van der Waals surface area (Å²) in [4.78, 5) is 11.1. The van der Waals surface area contributed by atoms with Crippen LogP contribution in [0, 0.1) is 6.42 Å². The van der Waals surface area contributed by atoms with Crippen LogP contribution in [-0.4, -0.2) is 5.91 Å². The van der Waals surface area contributed by atoms with Gasteiger partial charge in [-0.15, -0.1) is 0 Å². The summed E-state index contributed by atoms with van der Waals surface area (Å²) in [6.07, 6.45) is 6.29. The van der Waals surface area contributed by atoms with Crippen LogP contribution in [0.15, 0.2) is 18.2 Å². The van der Waals surface area contributed by atoms with Gasteiger partial charge in [0, 0.05) is 12.0 Å². The SMILES string of the molecule is NC(=O)c1cccc2c1[C]CCC2. The number of primary amides is 1. The standard InChI is InChI=1S/C11H11NO/c12-11(13)10-7-3-5-8-4-1-2-6-9(8)10/h3,5,7H,1-2,4H2,(H2,12,13). The topological polar surface area (TPSA) is 43.1 Å². The number of carbonyl (C=O) groups excluding carboxylic acids is 1. The Morgan fingerprint density at radius 1 is 1.46 bits per heavy atom. The van der Waals surface area contributed by atoms with Crippen LogP contribution in [0.3, 0.4) is 0 Å². The molecule has 0 bridgehead atoms. The van der Waals surface area contributed by atoms with Gasteiger partial charge in [-0.3, -0.25) is 4.79 Å². The summed E-state index contributed by atoms with van der Waals surface area (Å²) in [5.74, 6) is -0.355. The smallest absolute Gasteiger partial charge is 0.249 e. The first-order chi connectivity index (χ1) is 6.29. The van der Waals surface area contributed by atoms with E-state index in [4.69, 9.17) is 5.73 Å². The third kappa shape index (κ3) is 1.44. The number of amides is 1. The minimum Gasteiger partial charge on any atom is -0.366 e. The van der Waals surface area contributed by atoms with Crippen molar-refractivity contribution >= 4 is 5.91 Å². The van der Waals surface area contributed by atoms with Gasteiger partial charge in [-0.2, -0.15) is 0 Å². The number of carbonyl (C=O) groups is 1. The highest BCUT2D eigenvalue weighted by molar-refractivity contribution is 5.95. The molecular formula is C11H11NO. The molecule has 0 unspecified atom stereocenters. The van der Waals surface area contributed by atoms with E-state index in [-0.39, 0.29) is 5.91 Å². The van der Waals surface area contributed by atoms with Gasteiger partial charge in [-0.05, 0) is 36.5 Å². The molecule has 1 aromatic carbocycles. The average Bonchev–Trinajstić information content (AvgIpc) is 2.17. The average molecular weight is 173 g/mol. The Balaban J connectivity index is 2.52. The first kappa shape index (κ1) is 8.30. The van der Waals surface area contributed by atoms with E-state index in [1.54, 1.807) is 6.07 Å². The molecule has 2 N–H and O–H groups in total. The number of rotatable bonds is 1. The highest BCUT2D eigenvalue weighted by Crippen LogP contribution is 2.25. The van der Waals surface area contributed by atoms with Gasteiger partial charge in [0.15, 0.2) is 0 Å². The lowest BCUT2D eigenvalue weighted by atomic mass is 9.88. The minimum absolute atomic E-state index is 0.355. The first-order valence-electron chi connectivity index (χ1n) is 4.44. The van der Waals surface area contributed by atoms with E-state index < -0.39 is 0 Å². The van der Waals surface area contributed by atoms with Gasteiger partial charge < -0.3 is 5.73 Å². The summed E-state index contributed by atoms with van der Waals surface area (Å²) >= 11 is 0. The molecule has 0 atom stereocenters. The van der Waals surface area contributed by atoms with Crippen LogP contribution in [0.4, 0.5) is 0 Å². The van der Waals surface area contributed by atoms with Crippen molar-refractivity contribution in [2.45, 2.75) is 19.3 Å². The molecule has 0 saturated carbocycles. The van der Waals surface area contributed by atoms with Crippen molar-refractivity contribution in [2.24, 2.45) is 5.73 Å². The van der Waals surface area contributed by atoms with Crippen LogP contribution in [0.25, 0.3) is 0 Å². The quantitative estimate of drug-likeness (QED) is 0.688. The maximum Gasteiger partial charge on any atom is 0.249 e. The van der Waals surface area contributed by atoms with Crippen molar-refractivity contribution in [1.82, 2.24) is 0 Å². The zero-order chi connectivity index (χ0) is 9.26. The van der Waals surface area contributed by atoms with Crippen molar-refractivity contribution in [1.29, 1.82) is 0 Å². The fourth-order valence-corrected chi connectivity index (χ4v) is 1.71. The van der Waals surface area contributed by atoms with E-state index in [0.29, 0.717) is 5.56 Å². The second kappa shape index (κ2) is 3.21. The van der Waals surface area contributed by atoms with Crippen LogP contribution < -0.4 is 5.73 Å². The second-order valence-electron chi connectivity index (χ2n) is 3.23. The number of hydrogen-bond donors (Lipinski definition) is 1. The Labute approximate surface area is 77.8 Å². The van der Waals surface area contributed by atoms with Crippen molar-refractivity contribution in [3.63, 3.8) is 0 Å². The highest BCUT2D eigenvalue weighted by Gasteiger charge is 2.15. The van der Waals surface area contributed by atoms with Crippen molar-refractivity contribution < 1.29 is 4.79 Å². The van der Waals surface area contributed by atoms with E-state index in [1.807, 2.05) is 12.1 Å².